The van der Waals surface area contributed by atoms with Crippen LogP contribution in [0.5, 0.6) is 11.5 Å². The van der Waals surface area contributed by atoms with Gasteiger partial charge in [-0.15, -0.1) is 0 Å². The highest BCUT2D eigenvalue weighted by Crippen LogP contribution is 2.38. The standard InChI is InChI=1S/C19H21NO5S/c1-4-25-17-9-12(5-6-16(17)24-3)15(7-8-23-2)20-18(21)13-10-26-11-14(13)19(20)22/h5-6,9-11,15H,4,7-8H2,1-3H3. The summed E-state index contributed by atoms with van der Waals surface area (Å²) in [5.41, 5.74) is 1.75. The third-order valence-electron chi connectivity index (χ3n) is 4.34. The number of carbonyl (C=O) groups excluding carboxylic acids is 2. The van der Waals surface area contributed by atoms with Gasteiger partial charge in [-0.3, -0.25) is 14.5 Å². The second-order valence-electron chi connectivity index (χ2n) is 5.82. The number of nitrogens with zero attached hydrogens (tertiary/aromatic N) is 1. The van der Waals surface area contributed by atoms with Crippen molar-refractivity contribution in [2.75, 3.05) is 27.4 Å². The number of rotatable bonds is 8. The van der Waals surface area contributed by atoms with E-state index in [1.807, 2.05) is 19.1 Å². The fourth-order valence-corrected chi connectivity index (χ4v) is 3.90. The van der Waals surface area contributed by atoms with E-state index in [4.69, 9.17) is 14.2 Å². The van der Waals surface area contributed by atoms with E-state index in [9.17, 15) is 9.59 Å². The largest absolute Gasteiger partial charge is 0.493 e. The van der Waals surface area contributed by atoms with Crippen molar-refractivity contribution in [1.82, 2.24) is 4.90 Å². The third-order valence-corrected chi connectivity index (χ3v) is 5.08. The molecular weight excluding hydrogens is 354 g/mol. The van der Waals surface area contributed by atoms with Crippen LogP contribution in [0.15, 0.2) is 29.0 Å². The normalized spacial score (nSPS) is 14.5. The maximum Gasteiger partial charge on any atom is 0.262 e. The van der Waals surface area contributed by atoms with Gasteiger partial charge >= 0.3 is 0 Å². The van der Waals surface area contributed by atoms with Crippen molar-refractivity contribution >= 4 is 23.2 Å². The molecule has 1 unspecified atom stereocenters. The smallest absolute Gasteiger partial charge is 0.262 e. The van der Waals surface area contributed by atoms with Crippen LogP contribution in [0.1, 0.15) is 45.7 Å². The number of methoxy groups -OCH3 is 2. The molecule has 1 aromatic carbocycles. The molecule has 6 nitrogen and oxygen atoms in total. The Kier molecular flexibility index (Phi) is 5.58. The molecule has 0 fully saturated rings. The number of hydrogen-bond donors (Lipinski definition) is 0. The number of benzene rings is 1. The molecule has 0 N–H and O–H groups in total. The molecule has 0 spiro atoms. The van der Waals surface area contributed by atoms with Gasteiger partial charge in [-0.2, -0.15) is 11.3 Å². The minimum Gasteiger partial charge on any atom is -0.493 e. The van der Waals surface area contributed by atoms with Crippen LogP contribution in [0.3, 0.4) is 0 Å². The first-order valence-corrected chi connectivity index (χ1v) is 9.30. The molecule has 0 saturated heterocycles. The summed E-state index contributed by atoms with van der Waals surface area (Å²) in [6, 6.07) is 5.04. The van der Waals surface area contributed by atoms with E-state index in [0.717, 1.165) is 5.56 Å². The van der Waals surface area contributed by atoms with Gasteiger partial charge in [0.1, 0.15) is 0 Å². The molecule has 1 aromatic heterocycles. The van der Waals surface area contributed by atoms with E-state index in [0.29, 0.717) is 42.3 Å². The topological polar surface area (TPSA) is 65.1 Å². The molecule has 2 aromatic rings. The van der Waals surface area contributed by atoms with Crippen LogP contribution in [0.2, 0.25) is 0 Å². The van der Waals surface area contributed by atoms with Crippen LogP contribution in [0.25, 0.3) is 0 Å². The predicted octanol–water partition coefficient (Wildman–Crippen LogP) is 3.53. The SMILES string of the molecule is CCOc1cc(C(CCOC)N2C(=O)c3cscc3C2=O)ccc1OC. The summed E-state index contributed by atoms with van der Waals surface area (Å²) < 4.78 is 16.2. The van der Waals surface area contributed by atoms with Gasteiger partial charge < -0.3 is 14.2 Å². The number of carbonyl (C=O) groups is 2. The zero-order chi connectivity index (χ0) is 18.7. The summed E-state index contributed by atoms with van der Waals surface area (Å²) in [5, 5.41) is 3.45. The second kappa shape index (κ2) is 7.88. The number of amides is 2. The van der Waals surface area contributed by atoms with Gasteiger partial charge in [0.05, 0.1) is 30.9 Å². The zero-order valence-electron chi connectivity index (χ0n) is 15.0. The lowest BCUT2D eigenvalue weighted by Gasteiger charge is -2.27. The summed E-state index contributed by atoms with van der Waals surface area (Å²) in [4.78, 5) is 26.9. The molecule has 0 aliphatic carbocycles. The Morgan fingerprint density at radius 3 is 2.35 bits per heavy atom. The second-order valence-corrected chi connectivity index (χ2v) is 6.56. The first-order chi connectivity index (χ1) is 12.6. The summed E-state index contributed by atoms with van der Waals surface area (Å²) in [6.45, 7) is 2.80. The van der Waals surface area contributed by atoms with E-state index in [2.05, 4.69) is 0 Å². The lowest BCUT2D eigenvalue weighted by atomic mass is 10.0. The van der Waals surface area contributed by atoms with Crippen molar-refractivity contribution in [3.8, 4) is 11.5 Å². The fourth-order valence-electron chi connectivity index (χ4n) is 3.11. The van der Waals surface area contributed by atoms with Crippen LogP contribution in [-0.4, -0.2) is 44.1 Å². The Bertz CT molecular complexity index is 786. The molecule has 2 amide bonds. The minimum atomic E-state index is -0.433. The minimum absolute atomic E-state index is 0.263. The molecule has 1 aliphatic rings. The van der Waals surface area contributed by atoms with Gasteiger partial charge in [0.2, 0.25) is 0 Å². The number of imide groups is 1. The van der Waals surface area contributed by atoms with Crippen LogP contribution >= 0.6 is 11.3 Å². The van der Waals surface area contributed by atoms with E-state index in [-0.39, 0.29) is 11.8 Å². The number of thiophene rings is 1. The molecule has 3 rings (SSSR count). The molecule has 1 atom stereocenters. The Morgan fingerprint density at radius 2 is 1.77 bits per heavy atom. The van der Waals surface area contributed by atoms with E-state index >= 15 is 0 Å². The molecule has 0 saturated carbocycles. The predicted molar refractivity (Wildman–Crippen MR) is 98.2 cm³/mol. The molecule has 0 bridgehead atoms. The van der Waals surface area contributed by atoms with Crippen molar-refractivity contribution in [3.63, 3.8) is 0 Å². The average molecular weight is 375 g/mol. The zero-order valence-corrected chi connectivity index (χ0v) is 15.8. The summed E-state index contributed by atoms with van der Waals surface area (Å²) >= 11 is 1.36. The van der Waals surface area contributed by atoms with E-state index < -0.39 is 6.04 Å². The van der Waals surface area contributed by atoms with Crippen LogP contribution in [0.4, 0.5) is 0 Å². The highest BCUT2D eigenvalue weighted by atomic mass is 32.1. The molecule has 0 radical (unpaired) electrons. The maximum atomic E-state index is 12.8. The van der Waals surface area contributed by atoms with E-state index in [1.165, 1.54) is 16.2 Å². The maximum absolute atomic E-state index is 12.8. The Labute approximate surface area is 156 Å². The molecule has 2 heterocycles. The number of hydrogen-bond acceptors (Lipinski definition) is 6. The quantitative estimate of drug-likeness (QED) is 0.661. The van der Waals surface area contributed by atoms with Gasteiger partial charge in [0.15, 0.2) is 11.5 Å². The van der Waals surface area contributed by atoms with Gasteiger partial charge in [0, 0.05) is 24.5 Å². The van der Waals surface area contributed by atoms with Gasteiger partial charge in [-0.25, -0.2) is 0 Å². The fraction of sp³-hybridized carbons (Fsp3) is 0.368. The number of fused-ring (bicyclic) bond motifs is 1. The van der Waals surface area contributed by atoms with E-state index in [1.54, 1.807) is 31.0 Å². The molecule has 1 aliphatic heterocycles. The Morgan fingerprint density at radius 1 is 1.08 bits per heavy atom. The lowest BCUT2D eigenvalue weighted by Crippen LogP contribution is -2.35. The summed E-state index contributed by atoms with van der Waals surface area (Å²) in [5.74, 6) is 0.671. The van der Waals surface area contributed by atoms with Crippen molar-refractivity contribution in [2.45, 2.75) is 19.4 Å². The van der Waals surface area contributed by atoms with Crippen molar-refractivity contribution in [1.29, 1.82) is 0 Å². The average Bonchev–Trinajstić information content (AvgIpc) is 3.21. The lowest BCUT2D eigenvalue weighted by molar-refractivity contribution is 0.0545. The van der Waals surface area contributed by atoms with Crippen molar-refractivity contribution in [2.24, 2.45) is 0 Å². The third kappa shape index (κ3) is 3.20. The summed E-state index contributed by atoms with van der Waals surface area (Å²) in [6.07, 6.45) is 0.500. The van der Waals surface area contributed by atoms with Crippen molar-refractivity contribution in [3.05, 3.63) is 45.6 Å². The van der Waals surface area contributed by atoms with Crippen molar-refractivity contribution < 1.29 is 23.8 Å². The van der Waals surface area contributed by atoms with Gasteiger partial charge in [0.25, 0.3) is 11.8 Å². The van der Waals surface area contributed by atoms with Crippen LogP contribution in [0, 0.1) is 0 Å². The van der Waals surface area contributed by atoms with Crippen LogP contribution in [-0.2, 0) is 4.74 Å². The van der Waals surface area contributed by atoms with Crippen LogP contribution < -0.4 is 9.47 Å². The highest BCUT2D eigenvalue weighted by molar-refractivity contribution is 7.08. The first-order valence-electron chi connectivity index (χ1n) is 8.36. The Hall–Kier alpha value is -2.38. The summed E-state index contributed by atoms with van der Waals surface area (Å²) in [7, 11) is 3.17. The molecule has 26 heavy (non-hydrogen) atoms. The molecule has 138 valence electrons. The Balaban J connectivity index is 1.99. The van der Waals surface area contributed by atoms with Gasteiger partial charge in [-0.05, 0) is 31.0 Å². The monoisotopic (exact) mass is 375 g/mol. The first kappa shape index (κ1) is 18.4. The van der Waals surface area contributed by atoms with Gasteiger partial charge in [-0.1, -0.05) is 6.07 Å². The number of ether oxygens (including phenoxy) is 3. The highest BCUT2D eigenvalue weighted by Gasteiger charge is 2.41. The molecule has 7 heteroatoms. The molecular formula is C19H21NO5S.